The third-order valence-corrected chi connectivity index (χ3v) is 2.81. The summed E-state index contributed by atoms with van der Waals surface area (Å²) in [6.07, 6.45) is 3.55. The van der Waals surface area contributed by atoms with E-state index in [0.717, 1.165) is 22.5 Å². The standard InChI is InChI=1S/C9H10BrN3O2S/c1-3-14-16-15-8-6(2)12-9-11-4-7(10)5-13(8)9/h4-5H,3H2,1-2H3. The van der Waals surface area contributed by atoms with E-state index in [2.05, 4.69) is 25.9 Å². The highest BCUT2D eigenvalue weighted by Crippen LogP contribution is 2.24. The van der Waals surface area contributed by atoms with Crippen molar-refractivity contribution in [1.82, 2.24) is 14.4 Å². The van der Waals surface area contributed by atoms with Gasteiger partial charge in [0.15, 0.2) is 0 Å². The van der Waals surface area contributed by atoms with E-state index in [1.807, 2.05) is 20.0 Å². The Labute approximate surface area is 106 Å². The lowest BCUT2D eigenvalue weighted by Crippen LogP contribution is -1.93. The molecule has 0 radical (unpaired) electrons. The first-order valence-corrected chi connectivity index (χ1v) is 6.14. The van der Waals surface area contributed by atoms with Gasteiger partial charge in [0.2, 0.25) is 24.0 Å². The summed E-state index contributed by atoms with van der Waals surface area (Å²) in [4.78, 5) is 8.44. The molecule has 0 saturated heterocycles. The van der Waals surface area contributed by atoms with Crippen molar-refractivity contribution in [3.63, 3.8) is 0 Å². The fraction of sp³-hybridized carbons (Fsp3) is 0.333. The van der Waals surface area contributed by atoms with Gasteiger partial charge in [-0.2, -0.15) is 0 Å². The topological polar surface area (TPSA) is 48.7 Å². The molecule has 0 amide bonds. The van der Waals surface area contributed by atoms with Crippen LogP contribution in [0.2, 0.25) is 0 Å². The first-order chi connectivity index (χ1) is 7.72. The zero-order valence-electron chi connectivity index (χ0n) is 8.81. The van der Waals surface area contributed by atoms with Gasteiger partial charge in [0.05, 0.1) is 11.1 Å². The van der Waals surface area contributed by atoms with Gasteiger partial charge in [-0.15, -0.1) is 0 Å². The van der Waals surface area contributed by atoms with Gasteiger partial charge in [-0.3, -0.25) is 8.58 Å². The maximum Gasteiger partial charge on any atom is 0.240 e. The van der Waals surface area contributed by atoms with Crippen LogP contribution in [0, 0.1) is 6.92 Å². The van der Waals surface area contributed by atoms with Crippen LogP contribution < -0.4 is 4.18 Å². The van der Waals surface area contributed by atoms with Crippen LogP contribution in [0.1, 0.15) is 12.6 Å². The van der Waals surface area contributed by atoms with Gasteiger partial charge in [0, 0.05) is 12.4 Å². The summed E-state index contributed by atoms with van der Waals surface area (Å²) in [6.45, 7) is 4.35. The van der Waals surface area contributed by atoms with E-state index in [-0.39, 0.29) is 0 Å². The van der Waals surface area contributed by atoms with Crippen LogP contribution in [-0.2, 0) is 4.18 Å². The molecule has 2 aromatic heterocycles. The largest absolute Gasteiger partial charge is 0.379 e. The van der Waals surface area contributed by atoms with Crippen molar-refractivity contribution in [3.8, 4) is 5.88 Å². The number of rotatable bonds is 4. The Hall–Kier alpha value is -0.790. The van der Waals surface area contributed by atoms with Gasteiger partial charge in [0.1, 0.15) is 5.69 Å². The monoisotopic (exact) mass is 303 g/mol. The molecular weight excluding hydrogens is 294 g/mol. The number of halogens is 1. The lowest BCUT2D eigenvalue weighted by atomic mass is 10.5. The molecule has 0 atom stereocenters. The molecule has 2 aromatic rings. The van der Waals surface area contributed by atoms with Crippen molar-refractivity contribution in [2.45, 2.75) is 13.8 Å². The van der Waals surface area contributed by atoms with Crippen LogP contribution in [-0.4, -0.2) is 21.0 Å². The summed E-state index contributed by atoms with van der Waals surface area (Å²) >= 11 is 4.29. The molecule has 0 saturated carbocycles. The van der Waals surface area contributed by atoms with Gasteiger partial charge >= 0.3 is 0 Å². The van der Waals surface area contributed by atoms with Gasteiger partial charge in [-0.1, -0.05) is 0 Å². The smallest absolute Gasteiger partial charge is 0.240 e. The highest BCUT2D eigenvalue weighted by Gasteiger charge is 2.11. The fourth-order valence-corrected chi connectivity index (χ4v) is 1.92. The average molecular weight is 304 g/mol. The molecule has 0 N–H and O–H groups in total. The third-order valence-electron chi connectivity index (χ3n) is 1.85. The molecule has 0 aromatic carbocycles. The van der Waals surface area contributed by atoms with Crippen molar-refractivity contribution in [3.05, 3.63) is 22.6 Å². The molecule has 0 spiro atoms. The van der Waals surface area contributed by atoms with Gasteiger partial charge in [-0.05, 0) is 29.8 Å². The molecule has 5 nitrogen and oxygen atoms in total. The molecular formula is C9H10BrN3O2S. The average Bonchev–Trinajstić information content (AvgIpc) is 2.56. The van der Waals surface area contributed by atoms with E-state index < -0.39 is 0 Å². The number of fused-ring (bicyclic) bond motifs is 1. The molecule has 16 heavy (non-hydrogen) atoms. The highest BCUT2D eigenvalue weighted by atomic mass is 79.9. The quantitative estimate of drug-likeness (QED) is 0.642. The predicted molar refractivity (Wildman–Crippen MR) is 65.3 cm³/mol. The van der Waals surface area contributed by atoms with Crippen LogP contribution in [0.25, 0.3) is 5.78 Å². The summed E-state index contributed by atoms with van der Waals surface area (Å²) in [6, 6.07) is 0. The second-order valence-corrected chi connectivity index (χ2v) is 4.46. The number of aryl methyl sites for hydroxylation is 1. The van der Waals surface area contributed by atoms with Crippen molar-refractivity contribution in [2.24, 2.45) is 0 Å². The Morgan fingerprint density at radius 1 is 1.56 bits per heavy atom. The summed E-state index contributed by atoms with van der Waals surface area (Å²) < 4.78 is 13.1. The first kappa shape index (κ1) is 11.7. The Morgan fingerprint density at radius 2 is 2.38 bits per heavy atom. The van der Waals surface area contributed by atoms with Crippen molar-refractivity contribution < 1.29 is 8.37 Å². The van der Waals surface area contributed by atoms with Gasteiger partial charge in [0.25, 0.3) is 0 Å². The van der Waals surface area contributed by atoms with Crippen molar-refractivity contribution in [1.29, 1.82) is 0 Å². The SMILES string of the molecule is CCOSOc1c(C)nc2ncc(Br)cn12. The van der Waals surface area contributed by atoms with E-state index in [1.54, 1.807) is 10.6 Å². The van der Waals surface area contributed by atoms with Crippen molar-refractivity contribution in [2.75, 3.05) is 6.61 Å². The Bertz CT molecular complexity index is 503. The minimum absolute atomic E-state index is 0.586. The molecule has 2 rings (SSSR count). The number of aromatic nitrogens is 3. The highest BCUT2D eigenvalue weighted by molar-refractivity contribution is 9.10. The zero-order chi connectivity index (χ0) is 11.5. The molecule has 0 aliphatic heterocycles. The molecule has 0 aliphatic rings. The molecule has 0 aliphatic carbocycles. The second-order valence-electron chi connectivity index (χ2n) is 3.00. The van der Waals surface area contributed by atoms with Crippen LogP contribution in [0.3, 0.4) is 0 Å². The van der Waals surface area contributed by atoms with Gasteiger partial charge < -0.3 is 4.18 Å². The minimum atomic E-state index is 0.586. The second kappa shape index (κ2) is 5.03. The van der Waals surface area contributed by atoms with E-state index >= 15 is 0 Å². The predicted octanol–water partition coefficient (Wildman–Crippen LogP) is 2.78. The van der Waals surface area contributed by atoms with Crippen LogP contribution >= 0.6 is 28.3 Å². The summed E-state index contributed by atoms with van der Waals surface area (Å²) in [7, 11) is 0. The number of imidazole rings is 1. The molecule has 0 fully saturated rings. The van der Waals surface area contributed by atoms with E-state index in [9.17, 15) is 0 Å². The Balaban J connectivity index is 2.34. The number of nitrogens with zero attached hydrogens (tertiary/aromatic N) is 3. The summed E-state index contributed by atoms with van der Waals surface area (Å²) in [5.74, 6) is 1.23. The van der Waals surface area contributed by atoms with E-state index in [1.165, 1.54) is 0 Å². The Morgan fingerprint density at radius 3 is 3.12 bits per heavy atom. The Kier molecular flexibility index (Phi) is 3.67. The minimum Gasteiger partial charge on any atom is -0.379 e. The van der Waals surface area contributed by atoms with Gasteiger partial charge in [-0.25, -0.2) is 9.97 Å². The normalized spacial score (nSPS) is 10.9. The fourth-order valence-electron chi connectivity index (χ4n) is 1.21. The maximum absolute atomic E-state index is 5.42. The third kappa shape index (κ3) is 2.31. The van der Waals surface area contributed by atoms with Crippen molar-refractivity contribution >= 4 is 34.0 Å². The van der Waals surface area contributed by atoms with Crippen LogP contribution in [0.15, 0.2) is 16.9 Å². The maximum atomic E-state index is 5.42. The first-order valence-electron chi connectivity index (χ1n) is 4.68. The lowest BCUT2D eigenvalue weighted by Gasteiger charge is -2.02. The zero-order valence-corrected chi connectivity index (χ0v) is 11.2. The van der Waals surface area contributed by atoms with E-state index in [4.69, 9.17) is 8.37 Å². The number of hydrogen-bond donors (Lipinski definition) is 0. The molecule has 86 valence electrons. The summed E-state index contributed by atoms with van der Waals surface area (Å²) in [5.41, 5.74) is 0.776. The summed E-state index contributed by atoms with van der Waals surface area (Å²) in [5, 5.41) is 0. The molecule has 2 heterocycles. The molecule has 0 unspecified atom stereocenters. The van der Waals surface area contributed by atoms with E-state index in [0.29, 0.717) is 18.3 Å². The van der Waals surface area contributed by atoms with Crippen LogP contribution in [0.5, 0.6) is 5.88 Å². The molecule has 7 heteroatoms. The van der Waals surface area contributed by atoms with Crippen LogP contribution in [0.4, 0.5) is 0 Å². The lowest BCUT2D eigenvalue weighted by molar-refractivity contribution is 0.366. The number of hydrogen-bond acceptors (Lipinski definition) is 5. The molecule has 0 bridgehead atoms.